The first-order valence-electron chi connectivity index (χ1n) is 10.6. The zero-order chi connectivity index (χ0) is 20.5. The molecule has 1 spiro atoms. The van der Waals surface area contributed by atoms with Crippen LogP contribution in [0, 0.1) is 6.92 Å². The SMILES string of the molecule is Cc1nc2cc(O)c(-c3cc4c(nn3)N([C@@H]3CC5(CCC5)NC[C@@H]3F)CC4)cc2s1. The monoisotopic (exact) mass is 425 g/mol. The summed E-state index contributed by atoms with van der Waals surface area (Å²) in [4.78, 5) is 6.57. The molecule has 0 amide bonds. The lowest BCUT2D eigenvalue weighted by Crippen LogP contribution is -2.64. The van der Waals surface area contributed by atoms with Crippen LogP contribution >= 0.6 is 11.3 Å². The first-order valence-corrected chi connectivity index (χ1v) is 11.5. The van der Waals surface area contributed by atoms with Gasteiger partial charge in [-0.25, -0.2) is 9.37 Å². The molecular weight excluding hydrogens is 401 g/mol. The Hall–Kier alpha value is -2.32. The number of halogens is 1. The van der Waals surface area contributed by atoms with E-state index in [2.05, 4.69) is 25.4 Å². The highest BCUT2D eigenvalue weighted by Gasteiger charge is 2.47. The molecule has 1 aromatic carbocycles. The summed E-state index contributed by atoms with van der Waals surface area (Å²) in [5.41, 5.74) is 3.31. The van der Waals surface area contributed by atoms with Crippen LogP contribution in [0.2, 0.25) is 0 Å². The molecule has 2 atom stereocenters. The number of phenolic OH excluding ortho intramolecular Hbond substituents is 1. The van der Waals surface area contributed by atoms with Gasteiger partial charge in [-0.3, -0.25) is 0 Å². The standard InChI is InChI=1S/C22H24FN5OS/c1-12-25-17-9-19(29)14(8-20(17)30-12)16-7-13-3-6-28(21(13)27-26-16)18-10-22(4-2-5-22)24-11-15(18)23/h7-9,15,18,24,29H,2-6,10-11H2,1H3/t15-,18+/m0/s1. The number of hydrogen-bond donors (Lipinski definition) is 2. The van der Waals surface area contributed by atoms with Gasteiger partial charge in [0.15, 0.2) is 5.82 Å². The van der Waals surface area contributed by atoms with E-state index in [1.54, 1.807) is 17.4 Å². The summed E-state index contributed by atoms with van der Waals surface area (Å²) in [6.07, 6.45) is 4.26. The van der Waals surface area contributed by atoms with Crippen molar-refractivity contribution in [2.24, 2.45) is 0 Å². The Balaban J connectivity index is 1.33. The number of alkyl halides is 1. The van der Waals surface area contributed by atoms with Gasteiger partial charge >= 0.3 is 0 Å². The van der Waals surface area contributed by atoms with Crippen molar-refractivity contribution < 1.29 is 9.50 Å². The van der Waals surface area contributed by atoms with E-state index in [1.807, 2.05) is 19.1 Å². The van der Waals surface area contributed by atoms with E-state index in [9.17, 15) is 9.50 Å². The second kappa shape index (κ2) is 6.59. The molecule has 6 rings (SSSR count). The second-order valence-corrected chi connectivity index (χ2v) is 10.1. The third-order valence-electron chi connectivity index (χ3n) is 7.03. The lowest BCUT2D eigenvalue weighted by molar-refractivity contribution is 0.0790. The maximum Gasteiger partial charge on any atom is 0.154 e. The Labute approximate surface area is 178 Å². The predicted molar refractivity (Wildman–Crippen MR) is 116 cm³/mol. The molecule has 1 saturated carbocycles. The Morgan fingerprint density at radius 1 is 1.27 bits per heavy atom. The number of nitrogens with zero attached hydrogens (tertiary/aromatic N) is 4. The normalized spacial score (nSPS) is 24.9. The minimum atomic E-state index is -0.898. The van der Waals surface area contributed by atoms with Gasteiger partial charge in [0.2, 0.25) is 0 Å². The van der Waals surface area contributed by atoms with E-state index in [-0.39, 0.29) is 17.3 Å². The fourth-order valence-corrected chi connectivity index (χ4v) is 6.12. The summed E-state index contributed by atoms with van der Waals surface area (Å²) in [7, 11) is 0. The minimum Gasteiger partial charge on any atom is -0.507 e. The van der Waals surface area contributed by atoms with E-state index in [0.29, 0.717) is 17.8 Å². The number of hydrogen-bond acceptors (Lipinski definition) is 7. The van der Waals surface area contributed by atoms with Crippen LogP contribution in [0.25, 0.3) is 21.5 Å². The van der Waals surface area contributed by atoms with Crippen molar-refractivity contribution in [2.75, 3.05) is 18.0 Å². The van der Waals surface area contributed by atoms with Crippen molar-refractivity contribution >= 4 is 27.4 Å². The number of piperidine rings is 1. The van der Waals surface area contributed by atoms with Crippen LogP contribution in [0.3, 0.4) is 0 Å². The third-order valence-corrected chi connectivity index (χ3v) is 7.97. The molecule has 3 aliphatic rings. The maximum absolute atomic E-state index is 14.9. The number of rotatable bonds is 2. The molecule has 1 aliphatic carbocycles. The highest BCUT2D eigenvalue weighted by atomic mass is 32.1. The average Bonchev–Trinajstić information content (AvgIpc) is 3.28. The minimum absolute atomic E-state index is 0.122. The lowest BCUT2D eigenvalue weighted by atomic mass is 9.70. The highest BCUT2D eigenvalue weighted by Crippen LogP contribution is 2.43. The van der Waals surface area contributed by atoms with E-state index >= 15 is 0 Å². The molecule has 2 aromatic heterocycles. The topological polar surface area (TPSA) is 74.2 Å². The van der Waals surface area contributed by atoms with Crippen LogP contribution in [0.5, 0.6) is 5.75 Å². The van der Waals surface area contributed by atoms with Crippen LogP contribution in [0.4, 0.5) is 10.2 Å². The lowest BCUT2D eigenvalue weighted by Gasteiger charge is -2.51. The zero-order valence-electron chi connectivity index (χ0n) is 16.9. The van der Waals surface area contributed by atoms with Crippen molar-refractivity contribution in [3.05, 3.63) is 28.8 Å². The number of benzene rings is 1. The number of phenols is 1. The van der Waals surface area contributed by atoms with Gasteiger partial charge in [-0.2, -0.15) is 0 Å². The number of fused-ring (bicyclic) bond motifs is 2. The summed E-state index contributed by atoms with van der Waals surface area (Å²) >= 11 is 1.60. The van der Waals surface area contributed by atoms with Gasteiger partial charge in [0.25, 0.3) is 0 Å². The molecule has 30 heavy (non-hydrogen) atoms. The molecule has 8 heteroatoms. The van der Waals surface area contributed by atoms with Gasteiger partial charge < -0.3 is 15.3 Å². The summed E-state index contributed by atoms with van der Waals surface area (Å²) in [6.45, 7) is 3.15. The summed E-state index contributed by atoms with van der Waals surface area (Å²) in [6, 6.07) is 5.49. The first kappa shape index (κ1) is 18.4. The molecule has 6 nitrogen and oxygen atoms in total. The van der Waals surface area contributed by atoms with E-state index in [1.165, 1.54) is 6.42 Å². The summed E-state index contributed by atoms with van der Waals surface area (Å²) in [5, 5.41) is 23.9. The second-order valence-electron chi connectivity index (χ2n) is 8.89. The zero-order valence-corrected chi connectivity index (χ0v) is 17.7. The van der Waals surface area contributed by atoms with Crippen molar-refractivity contribution in [2.45, 2.75) is 56.8 Å². The fraction of sp³-hybridized carbons (Fsp3) is 0.500. The summed E-state index contributed by atoms with van der Waals surface area (Å²) < 4.78 is 15.9. The van der Waals surface area contributed by atoms with Gasteiger partial charge in [0.1, 0.15) is 11.9 Å². The molecule has 3 aromatic rings. The quantitative estimate of drug-likeness (QED) is 0.651. The Bertz CT molecular complexity index is 1140. The van der Waals surface area contributed by atoms with Crippen molar-refractivity contribution in [3.63, 3.8) is 0 Å². The van der Waals surface area contributed by atoms with Crippen LogP contribution in [0.15, 0.2) is 18.2 Å². The fourth-order valence-electron chi connectivity index (χ4n) is 5.27. The van der Waals surface area contributed by atoms with Crippen LogP contribution in [-0.2, 0) is 6.42 Å². The highest BCUT2D eigenvalue weighted by molar-refractivity contribution is 7.18. The third kappa shape index (κ3) is 2.80. The molecule has 2 N–H and O–H groups in total. The van der Waals surface area contributed by atoms with Crippen LogP contribution < -0.4 is 10.2 Å². The molecule has 156 valence electrons. The van der Waals surface area contributed by atoms with Crippen LogP contribution in [0.1, 0.15) is 36.3 Å². The number of thiazole rings is 1. The number of aryl methyl sites for hydroxylation is 1. The Kier molecular flexibility index (Phi) is 4.05. The molecule has 4 heterocycles. The van der Waals surface area contributed by atoms with E-state index < -0.39 is 6.17 Å². The molecule has 1 saturated heterocycles. The van der Waals surface area contributed by atoms with E-state index in [4.69, 9.17) is 0 Å². The van der Waals surface area contributed by atoms with Gasteiger partial charge in [-0.05, 0) is 51.2 Å². The van der Waals surface area contributed by atoms with Crippen molar-refractivity contribution in [1.82, 2.24) is 20.5 Å². The first-order chi connectivity index (χ1) is 14.5. The molecule has 0 unspecified atom stereocenters. The molecule has 0 bridgehead atoms. The number of aromatic hydroxyl groups is 1. The molecule has 2 fully saturated rings. The average molecular weight is 426 g/mol. The number of aromatic nitrogens is 3. The Morgan fingerprint density at radius 2 is 2.13 bits per heavy atom. The Morgan fingerprint density at radius 3 is 2.93 bits per heavy atom. The summed E-state index contributed by atoms with van der Waals surface area (Å²) in [5.74, 6) is 0.961. The smallest absolute Gasteiger partial charge is 0.154 e. The van der Waals surface area contributed by atoms with Gasteiger partial charge in [-0.1, -0.05) is 0 Å². The largest absolute Gasteiger partial charge is 0.507 e. The molecule has 0 radical (unpaired) electrons. The predicted octanol–water partition coefficient (Wildman–Crippen LogP) is 3.75. The van der Waals surface area contributed by atoms with Gasteiger partial charge in [-0.15, -0.1) is 21.5 Å². The van der Waals surface area contributed by atoms with Crippen molar-refractivity contribution in [1.29, 1.82) is 0 Å². The van der Waals surface area contributed by atoms with Crippen LogP contribution in [-0.4, -0.2) is 51.1 Å². The molecular formula is C22H24FN5OS. The van der Waals surface area contributed by atoms with E-state index in [0.717, 1.165) is 58.8 Å². The van der Waals surface area contributed by atoms with Gasteiger partial charge in [0, 0.05) is 35.8 Å². The van der Waals surface area contributed by atoms with Gasteiger partial charge in [0.05, 0.1) is 27.0 Å². The van der Waals surface area contributed by atoms with Crippen molar-refractivity contribution in [3.8, 4) is 17.0 Å². The molecule has 2 aliphatic heterocycles. The maximum atomic E-state index is 14.9. The number of anilines is 1. The number of nitrogens with one attached hydrogen (secondary N) is 1.